The van der Waals surface area contributed by atoms with Gasteiger partial charge >= 0.3 is 0 Å². The average Bonchev–Trinajstić information content (AvgIpc) is 3.68. The largest absolute Gasteiger partial charge is 0.493 e. The van der Waals surface area contributed by atoms with E-state index in [0.29, 0.717) is 29.8 Å². The highest BCUT2D eigenvalue weighted by atomic mass is 35.5. The van der Waals surface area contributed by atoms with Crippen LogP contribution in [0.5, 0.6) is 5.75 Å². The molecule has 0 aliphatic carbocycles. The summed E-state index contributed by atoms with van der Waals surface area (Å²) in [5.41, 5.74) is 3.23. The summed E-state index contributed by atoms with van der Waals surface area (Å²) in [6.07, 6.45) is 9.90. The lowest BCUT2D eigenvalue weighted by molar-refractivity contribution is -0.133. The van der Waals surface area contributed by atoms with Crippen molar-refractivity contribution in [3.8, 4) is 23.1 Å². The summed E-state index contributed by atoms with van der Waals surface area (Å²) in [6.45, 7) is 9.87. The van der Waals surface area contributed by atoms with Gasteiger partial charge in [0, 0.05) is 50.0 Å². The zero-order chi connectivity index (χ0) is 28.9. The number of amides is 1. The minimum absolute atomic E-state index is 0. The topological polar surface area (TPSA) is 96.5 Å². The van der Waals surface area contributed by atoms with Crippen LogP contribution in [-0.2, 0) is 16.1 Å². The molecule has 9 nitrogen and oxygen atoms in total. The maximum atomic E-state index is 13.3. The van der Waals surface area contributed by atoms with Gasteiger partial charge in [-0.1, -0.05) is 0 Å². The molecule has 0 N–H and O–H groups in total. The van der Waals surface area contributed by atoms with E-state index in [4.69, 9.17) is 9.47 Å². The highest BCUT2D eigenvalue weighted by molar-refractivity contribution is 5.92. The van der Waals surface area contributed by atoms with Gasteiger partial charge in [-0.15, -0.1) is 12.4 Å². The summed E-state index contributed by atoms with van der Waals surface area (Å²) >= 11 is 0. The minimum atomic E-state index is 0. The van der Waals surface area contributed by atoms with Gasteiger partial charge in [0.2, 0.25) is 11.7 Å². The third-order valence-electron chi connectivity index (χ3n) is 9.28. The number of hydrogen-bond acceptors (Lipinski definition) is 7. The van der Waals surface area contributed by atoms with Crippen LogP contribution in [0.1, 0.15) is 56.3 Å². The van der Waals surface area contributed by atoms with Gasteiger partial charge in [0.25, 0.3) is 0 Å². The number of piperidine rings is 1. The lowest BCUT2D eigenvalue weighted by atomic mass is 9.96. The van der Waals surface area contributed by atoms with Crippen LogP contribution in [-0.4, -0.2) is 82.8 Å². The summed E-state index contributed by atoms with van der Waals surface area (Å²) in [4.78, 5) is 27.0. The van der Waals surface area contributed by atoms with Gasteiger partial charge in [-0.3, -0.25) is 4.79 Å². The first kappa shape index (κ1) is 31.2. The van der Waals surface area contributed by atoms with Crippen molar-refractivity contribution in [3.63, 3.8) is 0 Å². The Bertz CT molecular complexity index is 1430. The third kappa shape index (κ3) is 7.49. The van der Waals surface area contributed by atoms with Crippen molar-refractivity contribution in [1.29, 1.82) is 5.26 Å². The van der Waals surface area contributed by atoms with Crippen LogP contribution in [0.3, 0.4) is 0 Å². The van der Waals surface area contributed by atoms with Crippen molar-refractivity contribution in [2.24, 2.45) is 11.8 Å². The van der Waals surface area contributed by atoms with E-state index in [1.165, 1.54) is 32.5 Å². The molecule has 0 atom stereocenters. The van der Waals surface area contributed by atoms with Crippen molar-refractivity contribution in [3.05, 3.63) is 41.9 Å². The SMILES string of the molecule is Cc1cc(-c2nc(C#N)nc3c2ccn3CC(=O)N2CCC(CN3CCCC3)CC2)ccc1OCCC1CCOCC1.Cl. The predicted octanol–water partition coefficient (Wildman–Crippen LogP) is 5.23. The number of hydrogen-bond donors (Lipinski definition) is 0. The molecule has 3 aliphatic heterocycles. The molecule has 10 heteroatoms. The Morgan fingerprint density at radius 3 is 2.53 bits per heavy atom. The lowest BCUT2D eigenvalue weighted by Crippen LogP contribution is -2.42. The van der Waals surface area contributed by atoms with Gasteiger partial charge in [0.1, 0.15) is 24.0 Å². The minimum Gasteiger partial charge on any atom is -0.493 e. The fourth-order valence-electron chi connectivity index (χ4n) is 6.73. The van der Waals surface area contributed by atoms with Gasteiger partial charge in [0.15, 0.2) is 0 Å². The molecule has 6 rings (SSSR count). The molecule has 3 saturated heterocycles. The first-order valence-electron chi connectivity index (χ1n) is 15.7. The Labute approximate surface area is 260 Å². The van der Waals surface area contributed by atoms with Crippen molar-refractivity contribution < 1.29 is 14.3 Å². The molecule has 5 heterocycles. The Hall–Kier alpha value is -3.19. The first-order valence-corrected chi connectivity index (χ1v) is 15.7. The van der Waals surface area contributed by atoms with Crippen molar-refractivity contribution in [2.75, 3.05) is 52.5 Å². The van der Waals surface area contributed by atoms with E-state index < -0.39 is 0 Å². The maximum absolute atomic E-state index is 13.3. The zero-order valence-corrected chi connectivity index (χ0v) is 26.0. The molecule has 3 aliphatic rings. The molecule has 230 valence electrons. The van der Waals surface area contributed by atoms with E-state index in [2.05, 4.69) is 27.0 Å². The molecule has 3 fully saturated rings. The predicted molar refractivity (Wildman–Crippen MR) is 168 cm³/mol. The number of benzene rings is 1. The van der Waals surface area contributed by atoms with Crippen LogP contribution in [0.25, 0.3) is 22.3 Å². The van der Waals surface area contributed by atoms with Crippen LogP contribution in [0, 0.1) is 30.1 Å². The summed E-state index contributed by atoms with van der Waals surface area (Å²) < 4.78 is 13.5. The number of nitrogens with zero attached hydrogens (tertiary/aromatic N) is 6. The molecule has 1 amide bonds. The second-order valence-corrected chi connectivity index (χ2v) is 12.2. The second-order valence-electron chi connectivity index (χ2n) is 12.2. The van der Waals surface area contributed by atoms with E-state index in [-0.39, 0.29) is 30.7 Å². The number of carbonyl (C=O) groups is 1. The number of carbonyl (C=O) groups excluding carboxylic acids is 1. The maximum Gasteiger partial charge on any atom is 0.242 e. The normalized spacial score (nSPS) is 18.5. The summed E-state index contributed by atoms with van der Waals surface area (Å²) in [5.74, 6) is 2.41. The van der Waals surface area contributed by atoms with E-state index in [1.807, 2.05) is 40.8 Å². The molecule has 0 bridgehead atoms. The molecule has 0 radical (unpaired) electrons. The molecule has 0 saturated carbocycles. The third-order valence-corrected chi connectivity index (χ3v) is 9.28. The van der Waals surface area contributed by atoms with Gasteiger partial charge in [0.05, 0.1) is 12.3 Å². The van der Waals surface area contributed by atoms with Crippen LogP contribution in [0.4, 0.5) is 0 Å². The number of likely N-dealkylation sites (tertiary alicyclic amines) is 2. The lowest BCUT2D eigenvalue weighted by Gasteiger charge is -2.34. The fourth-order valence-corrected chi connectivity index (χ4v) is 6.73. The van der Waals surface area contributed by atoms with Gasteiger partial charge in [-0.05, 0) is 107 Å². The van der Waals surface area contributed by atoms with E-state index in [0.717, 1.165) is 80.7 Å². The fraction of sp³-hybridized carbons (Fsp3) is 0.576. The Morgan fingerprint density at radius 2 is 1.81 bits per heavy atom. The second kappa shape index (κ2) is 14.5. The van der Waals surface area contributed by atoms with Crippen LogP contribution < -0.4 is 4.74 Å². The molecule has 1 aromatic carbocycles. The smallest absolute Gasteiger partial charge is 0.242 e. The summed E-state index contributed by atoms with van der Waals surface area (Å²) in [5, 5.41) is 10.6. The van der Waals surface area contributed by atoms with Crippen LogP contribution in [0.2, 0.25) is 0 Å². The number of nitriles is 1. The van der Waals surface area contributed by atoms with Gasteiger partial charge in [-0.2, -0.15) is 5.26 Å². The first-order chi connectivity index (χ1) is 20.6. The molecule has 3 aromatic rings. The van der Waals surface area contributed by atoms with E-state index in [1.54, 1.807) is 0 Å². The quantitative estimate of drug-likeness (QED) is 0.329. The summed E-state index contributed by atoms with van der Waals surface area (Å²) in [7, 11) is 0. The van der Waals surface area contributed by atoms with Crippen molar-refractivity contribution in [2.45, 2.75) is 58.4 Å². The standard InChI is InChI=1S/C33H42N6O3.ClH/c1-24-20-27(4-5-29(24)42-19-11-25-9-17-41-18-10-25)32-28-8-16-39(33(28)36-30(21-34)35-32)23-31(40)38-14-6-26(7-15-38)22-37-12-2-3-13-37;/h4-5,8,16,20,25-26H,2-3,6-7,9-15,17-19,22-23H2,1H3;1H. The average molecular weight is 607 g/mol. The Balaban J connectivity index is 0.00000368. The molecule has 0 unspecified atom stereocenters. The van der Waals surface area contributed by atoms with Crippen molar-refractivity contribution in [1.82, 2.24) is 24.3 Å². The number of halogens is 1. The number of fused-ring (bicyclic) bond motifs is 1. The molecular formula is C33H43ClN6O3. The molecule has 2 aromatic heterocycles. The Morgan fingerprint density at radius 1 is 1.05 bits per heavy atom. The number of rotatable bonds is 9. The zero-order valence-electron chi connectivity index (χ0n) is 25.2. The molecular weight excluding hydrogens is 564 g/mol. The monoisotopic (exact) mass is 606 g/mol. The van der Waals surface area contributed by atoms with E-state index >= 15 is 0 Å². The number of ether oxygens (including phenoxy) is 2. The molecule has 43 heavy (non-hydrogen) atoms. The highest BCUT2D eigenvalue weighted by Gasteiger charge is 2.26. The number of aromatic nitrogens is 3. The van der Waals surface area contributed by atoms with Gasteiger partial charge < -0.3 is 23.8 Å². The Kier molecular flexibility index (Phi) is 10.6. The summed E-state index contributed by atoms with van der Waals surface area (Å²) in [6, 6.07) is 10.1. The van der Waals surface area contributed by atoms with E-state index in [9.17, 15) is 10.1 Å². The van der Waals surface area contributed by atoms with Crippen molar-refractivity contribution >= 4 is 29.3 Å². The van der Waals surface area contributed by atoms with Crippen LogP contribution >= 0.6 is 12.4 Å². The van der Waals surface area contributed by atoms with Crippen LogP contribution in [0.15, 0.2) is 30.5 Å². The van der Waals surface area contributed by atoms with Gasteiger partial charge in [-0.25, -0.2) is 9.97 Å². The number of aryl methyl sites for hydroxylation is 1. The molecule has 0 spiro atoms. The highest BCUT2D eigenvalue weighted by Crippen LogP contribution is 2.31.